The Balaban J connectivity index is 1.85. The van der Waals surface area contributed by atoms with E-state index in [9.17, 15) is 4.79 Å². The monoisotopic (exact) mass is 268 g/mol. The number of carbonyl (C=O) groups is 1. The zero-order valence-corrected chi connectivity index (χ0v) is 12.3. The average Bonchev–Trinajstić information content (AvgIpc) is 3.05. The van der Waals surface area contributed by atoms with Gasteiger partial charge in [-0.05, 0) is 32.2 Å². The lowest BCUT2D eigenvalue weighted by Crippen LogP contribution is -2.44. The van der Waals surface area contributed by atoms with Crippen molar-refractivity contribution < 1.29 is 9.53 Å². The Labute approximate surface area is 116 Å². The van der Waals surface area contributed by atoms with E-state index < -0.39 is 0 Å². The third kappa shape index (κ3) is 3.29. The Morgan fingerprint density at radius 3 is 2.95 bits per heavy atom. The second-order valence-electron chi connectivity index (χ2n) is 6.03. The summed E-state index contributed by atoms with van der Waals surface area (Å²) in [5.41, 5.74) is -0.157. The molecule has 2 aliphatic heterocycles. The van der Waals surface area contributed by atoms with Crippen LogP contribution in [0, 0.1) is 11.3 Å². The minimum absolute atomic E-state index is 0.157. The highest BCUT2D eigenvalue weighted by Crippen LogP contribution is 2.31. The van der Waals surface area contributed by atoms with E-state index >= 15 is 0 Å². The normalized spacial score (nSPS) is 34.6. The Bertz CT molecular complexity index is 301. The lowest BCUT2D eigenvalue weighted by Gasteiger charge is -2.28. The van der Waals surface area contributed by atoms with Crippen LogP contribution in [-0.4, -0.2) is 38.3 Å². The van der Waals surface area contributed by atoms with Crippen molar-refractivity contribution in [3.63, 3.8) is 0 Å². The fraction of sp³-hybridized carbons (Fsp3) is 0.933. The molecule has 19 heavy (non-hydrogen) atoms. The first-order valence-electron chi connectivity index (χ1n) is 7.82. The van der Waals surface area contributed by atoms with E-state index in [0.29, 0.717) is 12.0 Å². The highest BCUT2D eigenvalue weighted by molar-refractivity contribution is 5.83. The van der Waals surface area contributed by atoms with Crippen LogP contribution >= 0.6 is 0 Å². The first-order valence-corrected chi connectivity index (χ1v) is 7.82. The number of nitrogens with one attached hydrogen (secondary N) is 2. The van der Waals surface area contributed by atoms with Crippen LogP contribution in [0.15, 0.2) is 0 Å². The van der Waals surface area contributed by atoms with Crippen molar-refractivity contribution in [1.29, 1.82) is 0 Å². The molecule has 0 saturated carbocycles. The molecule has 110 valence electrons. The summed E-state index contributed by atoms with van der Waals surface area (Å²) in [5.74, 6) is 0.753. The summed E-state index contributed by atoms with van der Waals surface area (Å²) in [6.07, 6.45) is 5.50. The van der Waals surface area contributed by atoms with Gasteiger partial charge in [-0.2, -0.15) is 0 Å². The van der Waals surface area contributed by atoms with Crippen LogP contribution in [0.2, 0.25) is 0 Å². The molecule has 0 aromatic heterocycles. The Morgan fingerprint density at radius 1 is 1.47 bits per heavy atom. The first-order chi connectivity index (χ1) is 9.22. The van der Waals surface area contributed by atoms with Crippen molar-refractivity contribution in [2.75, 3.05) is 26.2 Å². The van der Waals surface area contributed by atoms with Crippen LogP contribution in [0.25, 0.3) is 0 Å². The molecule has 3 unspecified atom stereocenters. The lowest BCUT2D eigenvalue weighted by atomic mass is 9.81. The van der Waals surface area contributed by atoms with E-state index in [1.807, 2.05) is 0 Å². The minimum Gasteiger partial charge on any atom is -0.378 e. The zero-order chi connectivity index (χ0) is 13.7. The maximum absolute atomic E-state index is 12.5. The summed E-state index contributed by atoms with van der Waals surface area (Å²) in [4.78, 5) is 12.5. The molecule has 0 aromatic rings. The van der Waals surface area contributed by atoms with E-state index in [1.165, 1.54) is 0 Å². The van der Waals surface area contributed by atoms with E-state index in [1.54, 1.807) is 0 Å². The Hall–Kier alpha value is -0.610. The predicted molar refractivity (Wildman–Crippen MR) is 76.0 cm³/mol. The van der Waals surface area contributed by atoms with Gasteiger partial charge in [0, 0.05) is 25.6 Å². The van der Waals surface area contributed by atoms with Gasteiger partial charge in [-0.1, -0.05) is 20.3 Å². The fourth-order valence-electron chi connectivity index (χ4n) is 3.53. The molecule has 2 rings (SSSR count). The summed E-state index contributed by atoms with van der Waals surface area (Å²) in [7, 11) is 0. The number of amides is 1. The molecule has 4 nitrogen and oxygen atoms in total. The largest absolute Gasteiger partial charge is 0.378 e. The molecular weight excluding hydrogens is 240 g/mol. The van der Waals surface area contributed by atoms with Gasteiger partial charge in [0.1, 0.15) is 0 Å². The van der Waals surface area contributed by atoms with Gasteiger partial charge in [0.2, 0.25) is 5.91 Å². The lowest BCUT2D eigenvalue weighted by molar-refractivity contribution is -0.130. The third-order valence-electron chi connectivity index (χ3n) is 4.73. The molecule has 0 spiro atoms. The average molecular weight is 268 g/mol. The molecule has 4 heteroatoms. The van der Waals surface area contributed by atoms with Crippen LogP contribution < -0.4 is 10.6 Å². The van der Waals surface area contributed by atoms with E-state index in [4.69, 9.17) is 4.74 Å². The summed E-state index contributed by atoms with van der Waals surface area (Å²) in [6, 6.07) is 0. The summed E-state index contributed by atoms with van der Waals surface area (Å²) in [5, 5.41) is 6.54. The molecule has 2 aliphatic rings. The molecule has 3 atom stereocenters. The quantitative estimate of drug-likeness (QED) is 0.771. The summed E-state index contributed by atoms with van der Waals surface area (Å²) < 4.78 is 5.68. The van der Waals surface area contributed by atoms with Crippen LogP contribution in [0.1, 0.15) is 46.0 Å². The number of rotatable bonds is 6. The molecule has 2 fully saturated rings. The predicted octanol–water partition coefficient (Wildman–Crippen LogP) is 1.70. The maximum atomic E-state index is 12.5. The van der Waals surface area contributed by atoms with Crippen molar-refractivity contribution in [1.82, 2.24) is 10.6 Å². The van der Waals surface area contributed by atoms with Gasteiger partial charge >= 0.3 is 0 Å². The standard InChI is InChI=1S/C15H28N2O2/c1-3-6-15(7-8-16-11-15)14(18)17-10-12-5-9-19-13(12)4-2/h12-13,16H,3-11H2,1-2H3,(H,17,18). The molecule has 2 saturated heterocycles. The summed E-state index contributed by atoms with van der Waals surface area (Å²) in [6.45, 7) is 7.75. The molecule has 2 heterocycles. The number of ether oxygens (including phenoxy) is 1. The molecule has 0 aliphatic carbocycles. The van der Waals surface area contributed by atoms with Gasteiger partial charge < -0.3 is 15.4 Å². The number of hydrogen-bond donors (Lipinski definition) is 2. The van der Waals surface area contributed by atoms with E-state index in [-0.39, 0.29) is 11.3 Å². The third-order valence-corrected chi connectivity index (χ3v) is 4.73. The summed E-state index contributed by atoms with van der Waals surface area (Å²) >= 11 is 0. The van der Waals surface area contributed by atoms with Crippen LogP contribution in [0.5, 0.6) is 0 Å². The van der Waals surface area contributed by atoms with E-state index in [0.717, 1.165) is 58.3 Å². The molecule has 1 amide bonds. The topological polar surface area (TPSA) is 50.4 Å². The zero-order valence-electron chi connectivity index (χ0n) is 12.3. The number of carbonyl (C=O) groups excluding carboxylic acids is 1. The van der Waals surface area contributed by atoms with Crippen LogP contribution in [-0.2, 0) is 9.53 Å². The maximum Gasteiger partial charge on any atom is 0.227 e. The SMILES string of the molecule is CCCC1(C(=O)NCC2CCOC2CC)CCNC1. The molecule has 2 N–H and O–H groups in total. The smallest absolute Gasteiger partial charge is 0.227 e. The van der Waals surface area contributed by atoms with Gasteiger partial charge in [-0.3, -0.25) is 4.79 Å². The fourth-order valence-corrected chi connectivity index (χ4v) is 3.53. The van der Waals surface area contributed by atoms with Gasteiger partial charge in [-0.25, -0.2) is 0 Å². The van der Waals surface area contributed by atoms with Crippen molar-refractivity contribution in [2.45, 2.75) is 52.1 Å². The molecular formula is C15H28N2O2. The second kappa shape index (κ2) is 6.71. The highest BCUT2D eigenvalue weighted by Gasteiger charge is 2.40. The van der Waals surface area contributed by atoms with Gasteiger partial charge in [-0.15, -0.1) is 0 Å². The Morgan fingerprint density at radius 2 is 2.32 bits per heavy atom. The molecule has 0 bridgehead atoms. The molecule has 0 aromatic carbocycles. The highest BCUT2D eigenvalue weighted by atomic mass is 16.5. The van der Waals surface area contributed by atoms with Crippen molar-refractivity contribution in [2.24, 2.45) is 11.3 Å². The van der Waals surface area contributed by atoms with Gasteiger partial charge in [0.05, 0.1) is 11.5 Å². The second-order valence-corrected chi connectivity index (χ2v) is 6.03. The Kier molecular flexibility index (Phi) is 5.22. The van der Waals surface area contributed by atoms with Crippen LogP contribution in [0.3, 0.4) is 0 Å². The van der Waals surface area contributed by atoms with Crippen molar-refractivity contribution in [3.8, 4) is 0 Å². The minimum atomic E-state index is -0.157. The van der Waals surface area contributed by atoms with Gasteiger partial charge in [0.25, 0.3) is 0 Å². The molecule has 0 radical (unpaired) electrons. The van der Waals surface area contributed by atoms with Crippen LogP contribution in [0.4, 0.5) is 0 Å². The number of hydrogen-bond acceptors (Lipinski definition) is 3. The van der Waals surface area contributed by atoms with Crippen molar-refractivity contribution in [3.05, 3.63) is 0 Å². The van der Waals surface area contributed by atoms with E-state index in [2.05, 4.69) is 24.5 Å². The van der Waals surface area contributed by atoms with Gasteiger partial charge in [0.15, 0.2) is 0 Å². The first kappa shape index (κ1) is 14.8. The van der Waals surface area contributed by atoms with Crippen molar-refractivity contribution >= 4 is 5.91 Å².